The Hall–Kier alpha value is -3.17. The third-order valence-electron chi connectivity index (χ3n) is 7.59. The Morgan fingerprint density at radius 1 is 1.11 bits per heavy atom. The summed E-state index contributed by atoms with van der Waals surface area (Å²) in [4.78, 5) is 23.4. The Labute approximate surface area is 279 Å². The molecule has 0 radical (unpaired) electrons. The van der Waals surface area contributed by atoms with Gasteiger partial charge in [0.15, 0.2) is 10.0 Å². The molecule has 0 unspecified atom stereocenters. The molecule has 4 aromatic rings. The van der Waals surface area contributed by atoms with Gasteiger partial charge >= 0.3 is 0 Å². The van der Waals surface area contributed by atoms with Crippen LogP contribution in [0.5, 0.6) is 0 Å². The van der Waals surface area contributed by atoms with Gasteiger partial charge in [-0.15, -0.1) is 10.2 Å². The lowest BCUT2D eigenvalue weighted by Gasteiger charge is -2.32. The third kappa shape index (κ3) is 7.14. The highest BCUT2D eigenvalue weighted by atomic mass is 79.9. The summed E-state index contributed by atoms with van der Waals surface area (Å²) in [6.45, 7) is 1.96. The Kier molecular flexibility index (Phi) is 10.1. The molecular weight excluding hydrogens is 702 g/mol. The lowest BCUT2D eigenvalue weighted by molar-refractivity contribution is -0.120. The summed E-state index contributed by atoms with van der Waals surface area (Å²) in [7, 11) is -4.14. The van der Waals surface area contributed by atoms with Gasteiger partial charge in [0.1, 0.15) is 0 Å². The number of hydrogen-bond acceptors (Lipinski definition) is 9. The zero-order valence-electron chi connectivity index (χ0n) is 24.4. The molecule has 45 heavy (non-hydrogen) atoms. The van der Waals surface area contributed by atoms with Crippen molar-refractivity contribution in [2.75, 3.05) is 11.9 Å². The van der Waals surface area contributed by atoms with E-state index in [-0.39, 0.29) is 28.4 Å². The van der Waals surface area contributed by atoms with Crippen molar-refractivity contribution in [2.45, 2.75) is 66.3 Å². The molecule has 1 aliphatic carbocycles. The standard InChI is InChI=1S/C30H33BrClN7O4S2/c1-2-26(40)38-45(42,43)19-11-13-24(23(32)17-19)35-30(27(34)41,15-5-6-16-33)44-29-37-36-28(31)39(29)25-14-12-20(18-9-10-18)21-7-3-4-8-22(21)25/h3-4,7-8,11-14,17-18,35H,2,5-6,9-10,15-16,33H2,1H3,(H2,34,41)(H,38,40)/t30-/m1/s1. The lowest BCUT2D eigenvalue weighted by Crippen LogP contribution is -2.48. The number of unbranched alkanes of at least 4 members (excludes halogenated alkanes) is 1. The van der Waals surface area contributed by atoms with Crippen LogP contribution in [-0.4, -0.2) is 46.4 Å². The monoisotopic (exact) mass is 733 g/mol. The quantitative estimate of drug-likeness (QED) is 0.0747. The van der Waals surface area contributed by atoms with Gasteiger partial charge < -0.3 is 16.8 Å². The molecule has 1 heterocycles. The van der Waals surface area contributed by atoms with Crippen LogP contribution in [0, 0.1) is 0 Å². The fraction of sp³-hybridized carbons (Fsp3) is 0.333. The van der Waals surface area contributed by atoms with Gasteiger partial charge in [-0.1, -0.05) is 48.9 Å². The van der Waals surface area contributed by atoms with Crippen LogP contribution in [0.15, 0.2) is 69.4 Å². The topological polar surface area (TPSA) is 175 Å². The second-order valence-electron chi connectivity index (χ2n) is 10.8. The number of aromatic nitrogens is 3. The number of nitrogens with zero attached hydrogens (tertiary/aromatic N) is 3. The number of fused-ring (bicyclic) bond motifs is 1. The second kappa shape index (κ2) is 13.7. The minimum absolute atomic E-state index is 0.00501. The van der Waals surface area contributed by atoms with Crippen LogP contribution in [0.4, 0.5) is 5.69 Å². The Morgan fingerprint density at radius 3 is 2.49 bits per heavy atom. The van der Waals surface area contributed by atoms with Gasteiger partial charge in [-0.05, 0) is 107 Å². The number of benzene rings is 3. The molecule has 238 valence electrons. The first-order valence-electron chi connectivity index (χ1n) is 14.4. The van der Waals surface area contributed by atoms with E-state index in [0.29, 0.717) is 35.2 Å². The number of rotatable bonds is 14. The maximum absolute atomic E-state index is 13.4. The highest BCUT2D eigenvalue weighted by Crippen LogP contribution is 2.45. The van der Waals surface area contributed by atoms with Crippen molar-refractivity contribution in [3.63, 3.8) is 0 Å². The molecule has 0 bridgehead atoms. The molecule has 11 nitrogen and oxygen atoms in total. The number of primary amides is 1. The summed E-state index contributed by atoms with van der Waals surface area (Å²) in [5, 5.41) is 14.5. The smallest absolute Gasteiger partial charge is 0.264 e. The fourth-order valence-electron chi connectivity index (χ4n) is 5.08. The molecular formula is C30H33BrClN7O4S2. The molecule has 1 aromatic heterocycles. The molecule has 1 fully saturated rings. The Bertz CT molecular complexity index is 1870. The van der Waals surface area contributed by atoms with Gasteiger partial charge in [-0.2, -0.15) is 0 Å². The van der Waals surface area contributed by atoms with E-state index in [0.717, 1.165) is 28.2 Å². The molecule has 5 rings (SSSR count). The van der Waals surface area contributed by atoms with E-state index in [1.54, 1.807) is 6.92 Å². The van der Waals surface area contributed by atoms with Crippen LogP contribution < -0.4 is 21.5 Å². The summed E-state index contributed by atoms with van der Waals surface area (Å²) >= 11 is 11.2. The van der Waals surface area contributed by atoms with Gasteiger partial charge in [0.25, 0.3) is 15.9 Å². The maximum atomic E-state index is 13.4. The normalized spacial score (nSPS) is 14.7. The van der Waals surface area contributed by atoms with E-state index in [1.807, 2.05) is 27.5 Å². The molecule has 1 aliphatic rings. The molecule has 6 N–H and O–H groups in total. The number of thioether (sulfide) groups is 1. The van der Waals surface area contributed by atoms with Gasteiger partial charge in [0.05, 0.1) is 21.3 Å². The first-order valence-corrected chi connectivity index (χ1v) is 17.9. The molecule has 0 saturated heterocycles. The fourth-order valence-corrected chi connectivity index (χ4v) is 8.19. The highest BCUT2D eigenvalue weighted by Gasteiger charge is 2.40. The molecule has 0 aliphatic heterocycles. The van der Waals surface area contributed by atoms with Crippen LogP contribution in [-0.2, 0) is 19.6 Å². The number of anilines is 1. The Balaban J connectivity index is 1.55. The summed E-state index contributed by atoms with van der Waals surface area (Å²) in [6, 6.07) is 16.3. The minimum Gasteiger partial charge on any atom is -0.367 e. The van der Waals surface area contributed by atoms with Crippen molar-refractivity contribution in [3.8, 4) is 5.69 Å². The van der Waals surface area contributed by atoms with E-state index >= 15 is 0 Å². The van der Waals surface area contributed by atoms with E-state index < -0.39 is 26.7 Å². The van der Waals surface area contributed by atoms with Crippen molar-refractivity contribution in [1.82, 2.24) is 19.5 Å². The number of nitrogens with two attached hydrogens (primary N) is 2. The van der Waals surface area contributed by atoms with Crippen LogP contribution in [0.1, 0.15) is 56.9 Å². The predicted octanol–water partition coefficient (Wildman–Crippen LogP) is 5.44. The number of carbonyl (C=O) groups excluding carboxylic acids is 2. The van der Waals surface area contributed by atoms with Gasteiger partial charge in [-0.25, -0.2) is 13.1 Å². The number of halogens is 2. The molecule has 1 saturated carbocycles. The molecule has 15 heteroatoms. The van der Waals surface area contributed by atoms with Crippen LogP contribution in [0.3, 0.4) is 0 Å². The zero-order chi connectivity index (χ0) is 32.4. The van der Waals surface area contributed by atoms with E-state index in [1.165, 1.54) is 36.6 Å². The van der Waals surface area contributed by atoms with Crippen molar-refractivity contribution < 1.29 is 18.0 Å². The number of hydrogen-bond donors (Lipinski definition) is 4. The largest absolute Gasteiger partial charge is 0.367 e. The third-order valence-corrected chi connectivity index (χ3v) is 11.1. The second-order valence-corrected chi connectivity index (χ2v) is 14.8. The molecule has 0 spiro atoms. The number of sulfonamides is 1. The first kappa shape index (κ1) is 33.2. The SMILES string of the molecule is CCC(=O)NS(=O)(=O)c1ccc(N[C@](CCCCN)(Sc2nnc(Br)n2-c2ccc(C3CC3)c3ccccc23)C(N)=O)c(Cl)c1. The van der Waals surface area contributed by atoms with E-state index in [9.17, 15) is 18.0 Å². The van der Waals surface area contributed by atoms with Crippen molar-refractivity contribution >= 4 is 77.6 Å². The summed E-state index contributed by atoms with van der Waals surface area (Å²) < 4.78 is 29.6. The van der Waals surface area contributed by atoms with Gasteiger partial charge in [-0.3, -0.25) is 14.2 Å². The predicted molar refractivity (Wildman–Crippen MR) is 180 cm³/mol. The van der Waals surface area contributed by atoms with Gasteiger partial charge in [0, 0.05) is 11.8 Å². The van der Waals surface area contributed by atoms with Crippen LogP contribution in [0.2, 0.25) is 5.02 Å². The average Bonchev–Trinajstić information content (AvgIpc) is 3.80. The number of nitrogens with one attached hydrogen (secondary N) is 2. The van der Waals surface area contributed by atoms with Gasteiger partial charge in [0.2, 0.25) is 10.6 Å². The molecule has 3 aromatic carbocycles. The maximum Gasteiger partial charge on any atom is 0.264 e. The Morgan fingerprint density at radius 2 is 1.84 bits per heavy atom. The lowest BCUT2D eigenvalue weighted by atomic mass is 9.99. The molecule has 1 atom stereocenters. The number of amides is 2. The average molecular weight is 735 g/mol. The first-order chi connectivity index (χ1) is 21.5. The van der Waals surface area contributed by atoms with Crippen molar-refractivity contribution in [3.05, 3.63) is 69.9 Å². The zero-order valence-corrected chi connectivity index (χ0v) is 28.4. The van der Waals surface area contributed by atoms with Crippen LogP contribution in [0.25, 0.3) is 16.5 Å². The summed E-state index contributed by atoms with van der Waals surface area (Å²) in [6.07, 6.45) is 3.75. The minimum atomic E-state index is -4.14. The summed E-state index contributed by atoms with van der Waals surface area (Å²) in [5.74, 6) is -0.792. The van der Waals surface area contributed by atoms with Crippen LogP contribution >= 0.6 is 39.3 Å². The van der Waals surface area contributed by atoms with E-state index in [2.05, 4.69) is 49.6 Å². The number of carbonyl (C=O) groups is 2. The highest BCUT2D eigenvalue weighted by molar-refractivity contribution is 9.10. The summed E-state index contributed by atoms with van der Waals surface area (Å²) in [5.41, 5.74) is 14.3. The van der Waals surface area contributed by atoms with E-state index in [4.69, 9.17) is 23.1 Å². The van der Waals surface area contributed by atoms with Crippen molar-refractivity contribution in [1.29, 1.82) is 0 Å². The van der Waals surface area contributed by atoms with Crippen molar-refractivity contribution in [2.24, 2.45) is 11.5 Å². The molecule has 2 amide bonds.